The minimum absolute atomic E-state index is 0.0284. The first-order valence-corrected chi connectivity index (χ1v) is 47.1. The van der Waals surface area contributed by atoms with Crippen molar-refractivity contribution in [2.45, 2.75) is 240 Å². The van der Waals surface area contributed by atoms with Gasteiger partial charge in [-0.05, 0) is 119 Å². The number of aliphatic hydroxyl groups is 1. The van der Waals surface area contributed by atoms with Crippen molar-refractivity contribution in [3.63, 3.8) is 0 Å². The van der Waals surface area contributed by atoms with Gasteiger partial charge in [-0.2, -0.15) is 0 Å². The van der Waals surface area contributed by atoms with Crippen LogP contribution in [0.15, 0.2) is 97.7 Å². The third-order valence-electron chi connectivity index (χ3n) is 24.7. The van der Waals surface area contributed by atoms with Gasteiger partial charge in [0.2, 0.25) is 94.5 Å². The van der Waals surface area contributed by atoms with Crippen molar-refractivity contribution in [3.05, 3.63) is 120 Å². The summed E-state index contributed by atoms with van der Waals surface area (Å²) < 4.78 is 5.35. The molecule has 3 aromatic carbocycles. The van der Waals surface area contributed by atoms with Crippen molar-refractivity contribution in [1.82, 2.24) is 97.6 Å². The highest BCUT2D eigenvalue weighted by molar-refractivity contribution is 8.00. The van der Waals surface area contributed by atoms with Crippen molar-refractivity contribution in [2.75, 3.05) is 72.5 Å². The molecule has 0 unspecified atom stereocenters. The molecule has 22 N–H and O–H groups in total. The molecule has 0 bridgehead atoms. The zero-order chi connectivity index (χ0) is 99.9. The minimum Gasteiger partial charge on any atom is -0.497 e. The molecule has 44 nitrogen and oxygen atoms in total. The summed E-state index contributed by atoms with van der Waals surface area (Å²) in [5, 5.41) is 59.6. The Bertz CT molecular complexity index is 5250. The Balaban J connectivity index is 1.11. The van der Waals surface area contributed by atoms with E-state index in [-0.39, 0.29) is 103 Å². The van der Waals surface area contributed by atoms with Gasteiger partial charge in [-0.15, -0.1) is 11.8 Å². The van der Waals surface area contributed by atoms with E-state index in [0.717, 1.165) is 31.4 Å². The third-order valence-corrected chi connectivity index (χ3v) is 25.7. The van der Waals surface area contributed by atoms with E-state index < -0.39 is 247 Å². The molecular formula is C92H128N22O22S. The molecule has 137 heavy (non-hydrogen) atoms. The molecule has 3 aliphatic rings. The lowest BCUT2D eigenvalue weighted by molar-refractivity contribution is -0.149. The summed E-state index contributed by atoms with van der Waals surface area (Å²) in [7, 11) is 5.28. The Hall–Kier alpha value is -13.6. The first-order valence-electron chi connectivity index (χ1n) is 46.0. The van der Waals surface area contributed by atoms with Crippen LogP contribution in [0.4, 0.5) is 0 Å². The average molecular weight is 1930 g/mol. The number of aromatic amines is 3. The fourth-order valence-electron chi connectivity index (χ4n) is 16.9. The van der Waals surface area contributed by atoms with Crippen LogP contribution in [0.5, 0.6) is 5.75 Å². The number of methoxy groups -OCH3 is 1. The van der Waals surface area contributed by atoms with Crippen LogP contribution in [-0.2, 0) is 112 Å². The van der Waals surface area contributed by atoms with Gasteiger partial charge in [-0.25, -0.2) is 4.98 Å². The summed E-state index contributed by atoms with van der Waals surface area (Å²) in [6, 6.07) is -1.91. The van der Waals surface area contributed by atoms with Gasteiger partial charge in [-0.1, -0.05) is 88.1 Å². The quantitative estimate of drug-likeness (QED) is 0.0226. The highest BCUT2D eigenvalue weighted by Gasteiger charge is 2.47. The maximum Gasteiger partial charge on any atom is 0.305 e. The molecule has 6 aromatic rings. The number of benzene rings is 3. The van der Waals surface area contributed by atoms with Gasteiger partial charge in [0.05, 0.1) is 38.3 Å². The van der Waals surface area contributed by atoms with Crippen LogP contribution < -0.4 is 75.1 Å². The topological polar surface area (TPSA) is 652 Å². The fourth-order valence-corrected chi connectivity index (χ4v) is 17.8. The number of nitrogens with two attached hydrogens (primary N) is 3. The lowest BCUT2D eigenvalue weighted by Gasteiger charge is -2.36. The number of unbranched alkanes of at least 4 members (excludes halogenated alkanes) is 3. The molecule has 3 aromatic heterocycles. The van der Waals surface area contributed by atoms with E-state index in [2.05, 4.69) is 73.1 Å². The Morgan fingerprint density at radius 2 is 1.07 bits per heavy atom. The number of hydrogen-bond donors (Lipinski definition) is 19. The molecule has 9 rings (SSSR count). The number of imidazole rings is 1. The molecule has 0 aliphatic carbocycles. The summed E-state index contributed by atoms with van der Waals surface area (Å²) in [4.78, 5) is 282. The van der Waals surface area contributed by atoms with Crippen LogP contribution >= 0.6 is 11.8 Å². The number of aliphatic hydroxyl groups excluding tert-OH is 1. The number of nitrogens with one attached hydrogen (secondary N) is 13. The number of ether oxygens (including phenoxy) is 1. The summed E-state index contributed by atoms with van der Waals surface area (Å²) in [6.45, 7) is 3.63. The highest BCUT2D eigenvalue weighted by Crippen LogP contribution is 2.28. The van der Waals surface area contributed by atoms with E-state index in [4.69, 9.17) is 21.9 Å². The first-order chi connectivity index (χ1) is 65.5. The number of aliphatic carboxylic acids is 2. The molecule has 6 heterocycles. The lowest BCUT2D eigenvalue weighted by atomic mass is 9.99. The molecule has 15 atom stereocenters. The number of primary amides is 1. The molecule has 3 fully saturated rings. The van der Waals surface area contributed by atoms with E-state index in [1.54, 1.807) is 92.1 Å². The maximum absolute atomic E-state index is 15.8. The summed E-state index contributed by atoms with van der Waals surface area (Å²) in [6.07, 6.45) is 2.04. The van der Waals surface area contributed by atoms with Crippen molar-refractivity contribution < 1.29 is 106 Å². The number of aromatic nitrogens is 4. The van der Waals surface area contributed by atoms with Crippen LogP contribution in [0.1, 0.15) is 146 Å². The number of carbonyl (C=O) groups excluding carboxylic acids is 16. The van der Waals surface area contributed by atoms with Gasteiger partial charge in [-0.3, -0.25) is 86.3 Å². The number of nitrogens with zero attached hydrogens (tertiary/aromatic N) is 6. The normalized spacial score (nSPS) is 24.5. The van der Waals surface area contributed by atoms with Gasteiger partial charge in [0.1, 0.15) is 90.3 Å². The van der Waals surface area contributed by atoms with Gasteiger partial charge in [0.25, 0.3) is 0 Å². The number of H-pyrrole nitrogens is 3. The zero-order valence-corrected chi connectivity index (χ0v) is 78.7. The zero-order valence-electron chi connectivity index (χ0n) is 77.9. The highest BCUT2D eigenvalue weighted by atomic mass is 32.2. The maximum atomic E-state index is 15.8. The Labute approximate surface area is 795 Å². The summed E-state index contributed by atoms with van der Waals surface area (Å²) >= 11 is 0.741. The number of para-hydroxylation sites is 2. The van der Waals surface area contributed by atoms with Crippen molar-refractivity contribution >= 4 is 140 Å². The van der Waals surface area contributed by atoms with Crippen molar-refractivity contribution in [1.29, 1.82) is 0 Å². The number of carboxylic acid groups (broad SMARTS) is 2. The Morgan fingerprint density at radius 3 is 1.66 bits per heavy atom. The molecule has 0 radical (unpaired) electrons. The molecule has 3 aliphatic heterocycles. The van der Waals surface area contributed by atoms with E-state index in [1.807, 2.05) is 6.92 Å². The number of thioether (sulfide) groups is 1. The molecule has 0 spiro atoms. The Kier molecular flexibility index (Phi) is 40.6. The largest absolute Gasteiger partial charge is 0.497 e. The smallest absolute Gasteiger partial charge is 0.305 e. The number of carboxylic acids is 2. The number of rotatable bonds is 29. The molecule has 744 valence electrons. The summed E-state index contributed by atoms with van der Waals surface area (Å²) in [5.41, 5.74) is 20.4. The number of carbonyl (C=O) groups is 18. The van der Waals surface area contributed by atoms with E-state index >= 15 is 38.4 Å². The van der Waals surface area contributed by atoms with Crippen LogP contribution in [0.25, 0.3) is 21.8 Å². The van der Waals surface area contributed by atoms with Crippen LogP contribution in [0, 0.1) is 0 Å². The number of likely N-dealkylation sites (N-methyl/N-ethyl adjacent to an activating group) is 3. The number of amides is 16. The SMILES string of the molecule is CCCC[C@H]1C(=O)N(C)[C@@H](CCCC)C(=O)N[C@@H](CCC(=O)O)C(=O)N[C@H](C(=O)NCC(N)=O)CSCC(=O)N[C@@H](Cc2ccc(OC)cc2)C(=O)N(C)[C@@H](C)C(=O)N[C@@H](CCN)C(=O)N2CCC[C@H]2C(=O)N[C@@H](Cc2cnc[nH]2)C(=O)N[C@@H](CCCCN)C(=O)N2C[C@H](O)C[C@H]2C(=O)N[C@@H](Cc2c[nH]c3ccccc23)C(=O)N[C@@H](CC(=O)O)C(=O)N[C@@H](Cc2c[nH]c3ccccc23)C(=O)N1C. The molecule has 16 amide bonds. The van der Waals surface area contributed by atoms with E-state index in [0.29, 0.717) is 69.2 Å². The second-order valence-electron chi connectivity index (χ2n) is 34.6. The minimum atomic E-state index is -2.07. The predicted octanol–water partition coefficient (Wildman–Crippen LogP) is -1.99. The van der Waals surface area contributed by atoms with Crippen molar-refractivity contribution in [2.24, 2.45) is 17.2 Å². The van der Waals surface area contributed by atoms with Crippen LogP contribution in [-0.4, -0.2) is 329 Å². The lowest BCUT2D eigenvalue weighted by Crippen LogP contribution is -2.61. The second kappa shape index (κ2) is 51.9. The molecule has 45 heteroatoms. The van der Waals surface area contributed by atoms with Gasteiger partial charge in [0.15, 0.2) is 0 Å². The standard InChI is InChI=1S/C92H128N22O22S/c1-8-10-24-71-85(128)102-62(31-32-77(118)119)81(124)109-70(80(123)99-46-75(95)116)48-137-49-76(117)101-68(37-52-27-29-57(136-7)30-28-52)88(131)110(4)51(3)79(122)103-64(33-35-94)90(133)113-36-18-26-72(113)86(129)107-66(40-55-45-96-50-100-55)83(126)104-63(23-16-17-34-93)91(134)114-47-56(115)41-74(114)87(130)106-65(38-53-43-97-60-21-14-12-19-58(53)60)82(125)105-67(42-78(120)121)84(127)108-69(39-54-44-98-61-22-15-13-20-59(54)61)89(132)112(6)73(25-11-9-2)92(135)111(71)5/h12-15,19-22,27-30,43-45,50-51,56,62-74,97-98,115H,8-11,16-18,23-26,31-42,46-49,93-94H2,1-7H3,(H2,95,116)(H,96,100)(H,99,123)(H,101,117)(H,102,128)(H,103,122)(H,104,126)(H,105,125)(H,106,130)(H,107,129)(H,108,127)(H,109,124)(H,118,119)(H,120,121)/t51-,56+,62-,63-,64-,65-,66-,67-,68-,69-,70-,71-,72-,73-,74-/m0/s1. The van der Waals surface area contributed by atoms with E-state index in [9.17, 15) is 63.3 Å². The summed E-state index contributed by atoms with van der Waals surface area (Å²) in [5.74, 6) is -19.0. The third kappa shape index (κ3) is 30.0. The first kappa shape index (κ1) is 107. The van der Waals surface area contributed by atoms with E-state index in [1.165, 1.54) is 52.6 Å². The van der Waals surface area contributed by atoms with Gasteiger partial charge < -0.3 is 130 Å². The van der Waals surface area contributed by atoms with Crippen LogP contribution in [0.3, 0.4) is 0 Å². The average Bonchev–Trinajstić information content (AvgIpc) is 1.67. The molecular weight excluding hydrogens is 1800 g/mol. The van der Waals surface area contributed by atoms with Gasteiger partial charge in [0, 0.05) is 125 Å². The van der Waals surface area contributed by atoms with Crippen molar-refractivity contribution in [3.8, 4) is 5.75 Å². The second-order valence-corrected chi connectivity index (χ2v) is 35.6. The van der Waals surface area contributed by atoms with Crippen LogP contribution in [0.2, 0.25) is 0 Å². The van der Waals surface area contributed by atoms with Gasteiger partial charge >= 0.3 is 11.9 Å². The molecule has 3 saturated heterocycles. The predicted molar refractivity (Wildman–Crippen MR) is 501 cm³/mol. The number of fused-ring (bicyclic) bond motifs is 4. The molecule has 0 saturated carbocycles. The monoisotopic (exact) mass is 1920 g/mol. The number of hydrogen-bond acceptors (Lipinski definition) is 24. The Morgan fingerprint density at radius 1 is 0.526 bits per heavy atom. The fraction of sp³-hybridized carbons (Fsp3) is 0.533.